The van der Waals surface area contributed by atoms with Crippen molar-refractivity contribution in [1.82, 2.24) is 0 Å². The lowest BCUT2D eigenvalue weighted by atomic mass is 9.76. The number of hydrogen-bond donors (Lipinski definition) is 13. The fourth-order valence-corrected chi connectivity index (χ4v) is 8.04. The zero-order valence-electron chi connectivity index (χ0n) is 33.4. The first-order chi connectivity index (χ1) is 32.0. The molecule has 0 aromatic heterocycles. The highest BCUT2D eigenvalue weighted by atomic mass is 16.7. The van der Waals surface area contributed by atoms with Crippen LogP contribution in [0.3, 0.4) is 0 Å². The van der Waals surface area contributed by atoms with E-state index in [0.717, 1.165) is 0 Å². The van der Waals surface area contributed by atoms with Gasteiger partial charge in [0.05, 0.1) is 34.6 Å². The minimum atomic E-state index is -2.58. The third-order valence-corrected chi connectivity index (χ3v) is 11.2. The highest BCUT2D eigenvalue weighted by Gasteiger charge is 2.58. The summed E-state index contributed by atoms with van der Waals surface area (Å²) in [5.74, 6) is -32.0. The van der Waals surface area contributed by atoms with Crippen molar-refractivity contribution in [1.29, 1.82) is 0 Å². The van der Waals surface area contributed by atoms with Gasteiger partial charge in [-0.15, -0.1) is 0 Å². The van der Waals surface area contributed by atoms with Gasteiger partial charge in [0, 0.05) is 22.6 Å². The van der Waals surface area contributed by atoms with Crippen molar-refractivity contribution in [3.63, 3.8) is 0 Å². The van der Waals surface area contributed by atoms with E-state index in [-0.39, 0.29) is 0 Å². The van der Waals surface area contributed by atoms with Crippen LogP contribution in [0.15, 0.2) is 30.3 Å². The molecule has 0 spiro atoms. The fraction of sp³-hybridized carbons (Fsp3) is 0.244. The SMILES string of the molecule is O=C(O)C[C@@H]1C(=O)O[C@@H]2[C@H]3OC(=O)c4cc(O)c(O)c(O)c4-c4c(cc(O)c(O)c4O)C(=O)OC[C@H]2O[C@@H](OC(=O)c2cc(O)c(O)c(O)c2)[C@@H]3OC(=O)c2cc(O)c(O)c3c2[C@@H]1[C@H](O)C(=O)O3. The summed E-state index contributed by atoms with van der Waals surface area (Å²) in [6.45, 7) is -1.31. The molecular formula is C41H30O27. The van der Waals surface area contributed by atoms with Gasteiger partial charge in [-0.3, -0.25) is 9.59 Å². The number of cyclic esters (lactones) is 1. The number of fused-ring (bicyclic) bond motifs is 3. The number of hydrogen-bond acceptors (Lipinski definition) is 26. The molecule has 356 valence electrons. The monoisotopic (exact) mass is 954 g/mol. The summed E-state index contributed by atoms with van der Waals surface area (Å²) in [7, 11) is 0. The maximum atomic E-state index is 14.6. The number of aliphatic carboxylic acids is 1. The van der Waals surface area contributed by atoms with Crippen LogP contribution < -0.4 is 4.74 Å². The van der Waals surface area contributed by atoms with Gasteiger partial charge >= 0.3 is 41.8 Å². The van der Waals surface area contributed by atoms with Crippen LogP contribution >= 0.6 is 0 Å². The second-order valence-corrected chi connectivity index (χ2v) is 15.2. The largest absolute Gasteiger partial charge is 0.504 e. The van der Waals surface area contributed by atoms with Crippen LogP contribution in [0.5, 0.6) is 69.0 Å². The Hall–Kier alpha value is -9.11. The lowest BCUT2D eigenvalue weighted by Gasteiger charge is -2.44. The van der Waals surface area contributed by atoms with E-state index in [2.05, 4.69) is 0 Å². The maximum Gasteiger partial charge on any atom is 0.341 e. The predicted molar refractivity (Wildman–Crippen MR) is 206 cm³/mol. The van der Waals surface area contributed by atoms with Gasteiger partial charge in [0.1, 0.15) is 12.7 Å². The average molecular weight is 955 g/mol. The molecule has 0 saturated carbocycles. The van der Waals surface area contributed by atoms with E-state index in [9.17, 15) is 99.9 Å². The van der Waals surface area contributed by atoms with E-state index in [4.69, 9.17) is 33.2 Å². The van der Waals surface area contributed by atoms with E-state index >= 15 is 0 Å². The summed E-state index contributed by atoms with van der Waals surface area (Å²) in [4.78, 5) is 96.8. The summed E-state index contributed by atoms with van der Waals surface area (Å²) in [5, 5.41) is 137. The lowest BCUT2D eigenvalue weighted by Crippen LogP contribution is -2.63. The Bertz CT molecular complexity index is 2900. The maximum absolute atomic E-state index is 14.6. The summed E-state index contributed by atoms with van der Waals surface area (Å²) in [5.41, 5.74) is -7.08. The van der Waals surface area contributed by atoms with Crippen molar-refractivity contribution in [2.75, 3.05) is 6.61 Å². The molecular weight excluding hydrogens is 924 g/mol. The molecule has 8 atom stereocenters. The van der Waals surface area contributed by atoms with Crippen molar-refractivity contribution in [2.45, 2.75) is 49.1 Å². The standard InChI is InChI=1S/C41H30O27/c42-13-1-8(2-14(43)24(13)49)35(56)68-41-34-33-31(64-39(60)12(6-19(47)48)22-23-11(38(59)67-34)5-17(46)27(52)32(23)65-40(61)30(22)55)18(63-41)7-62-36(57)9-3-15(44)25(50)28(53)20(9)21-10(37(58)66-33)4-16(45)26(51)29(21)54/h1-5,12,18,22,30-31,33-34,41-46,49-55H,6-7H2,(H,47,48)/t12-,18+,22+,30-,31-,33+,34+,41-/m0/s1. The van der Waals surface area contributed by atoms with Crippen LogP contribution in [0.2, 0.25) is 0 Å². The number of carbonyl (C=O) groups excluding carboxylic acids is 6. The number of aliphatic hydroxyl groups is 1. The van der Waals surface area contributed by atoms with Gasteiger partial charge in [0.15, 0.2) is 70.1 Å². The topological polar surface area (TPSA) is 447 Å². The highest BCUT2D eigenvalue weighted by molar-refractivity contribution is 6.08. The zero-order chi connectivity index (χ0) is 49.5. The predicted octanol–water partition coefficient (Wildman–Crippen LogP) is -0.00170. The molecule has 4 aliphatic rings. The minimum absolute atomic E-state index is 0.361. The van der Waals surface area contributed by atoms with Crippen LogP contribution in [-0.2, 0) is 42.8 Å². The van der Waals surface area contributed by atoms with Crippen LogP contribution in [0, 0.1) is 5.92 Å². The van der Waals surface area contributed by atoms with E-state index in [1.165, 1.54) is 0 Å². The zero-order valence-corrected chi connectivity index (χ0v) is 33.4. The molecule has 13 N–H and O–H groups in total. The van der Waals surface area contributed by atoms with E-state index in [1.54, 1.807) is 0 Å². The Morgan fingerprint density at radius 2 is 1.10 bits per heavy atom. The van der Waals surface area contributed by atoms with Gasteiger partial charge in [-0.05, 0) is 30.3 Å². The Morgan fingerprint density at radius 3 is 1.69 bits per heavy atom. The summed E-state index contributed by atoms with van der Waals surface area (Å²) in [6, 6.07) is 2.36. The molecule has 27 nitrogen and oxygen atoms in total. The number of esters is 6. The smallest absolute Gasteiger partial charge is 0.341 e. The number of aromatic hydroxyl groups is 11. The summed E-state index contributed by atoms with van der Waals surface area (Å²) >= 11 is 0. The molecule has 0 aliphatic carbocycles. The van der Waals surface area contributed by atoms with Crippen molar-refractivity contribution in [2.24, 2.45) is 5.92 Å². The first-order valence-electron chi connectivity index (χ1n) is 19.2. The number of rotatable bonds is 4. The van der Waals surface area contributed by atoms with Crippen LogP contribution in [0.4, 0.5) is 0 Å². The van der Waals surface area contributed by atoms with Gasteiger partial charge in [-0.2, -0.15) is 0 Å². The third kappa shape index (κ3) is 7.31. The molecule has 0 radical (unpaired) electrons. The molecule has 4 bridgehead atoms. The van der Waals surface area contributed by atoms with E-state index < -0.39 is 211 Å². The average Bonchev–Trinajstić information content (AvgIpc) is 3.28. The number of phenols is 11. The number of phenolic OH excluding ortho intramolecular Hbond substituents is 11. The molecule has 0 unspecified atom stereocenters. The number of carboxylic acids is 1. The molecule has 68 heavy (non-hydrogen) atoms. The molecule has 1 saturated heterocycles. The normalized spacial score (nSPS) is 24.3. The lowest BCUT2D eigenvalue weighted by molar-refractivity contribution is -0.287. The van der Waals surface area contributed by atoms with Crippen LogP contribution in [-0.4, -0.2) is 152 Å². The van der Waals surface area contributed by atoms with Crippen molar-refractivity contribution in [3.8, 4) is 80.1 Å². The third-order valence-electron chi connectivity index (χ3n) is 11.2. The molecule has 27 heteroatoms. The first-order valence-corrected chi connectivity index (χ1v) is 19.2. The second kappa shape index (κ2) is 16.4. The summed E-state index contributed by atoms with van der Waals surface area (Å²) < 4.78 is 38.8. The Morgan fingerprint density at radius 1 is 0.588 bits per heavy atom. The van der Waals surface area contributed by atoms with Crippen molar-refractivity contribution >= 4 is 41.8 Å². The molecule has 0 amide bonds. The second-order valence-electron chi connectivity index (χ2n) is 15.2. The Balaban J connectivity index is 1.39. The fourth-order valence-electron chi connectivity index (χ4n) is 8.04. The number of ether oxygens (including phenoxy) is 7. The van der Waals surface area contributed by atoms with Crippen LogP contribution in [0.1, 0.15) is 59.3 Å². The van der Waals surface area contributed by atoms with Crippen molar-refractivity contribution in [3.05, 3.63) is 58.1 Å². The van der Waals surface area contributed by atoms with Crippen molar-refractivity contribution < 1.29 is 133 Å². The van der Waals surface area contributed by atoms with Gasteiger partial charge < -0.3 is 99.5 Å². The van der Waals surface area contributed by atoms with E-state index in [0.29, 0.717) is 30.3 Å². The molecule has 1 fully saturated rings. The minimum Gasteiger partial charge on any atom is -0.504 e. The van der Waals surface area contributed by atoms with E-state index in [1.807, 2.05) is 0 Å². The molecule has 4 aliphatic heterocycles. The van der Waals surface area contributed by atoms with Gasteiger partial charge in [-0.25, -0.2) is 24.0 Å². The highest BCUT2D eigenvalue weighted by Crippen LogP contribution is 2.54. The number of benzene rings is 4. The van der Waals surface area contributed by atoms with Gasteiger partial charge in [0.2, 0.25) is 29.6 Å². The van der Waals surface area contributed by atoms with Crippen LogP contribution in [0.25, 0.3) is 11.1 Å². The molecule has 4 aromatic rings. The molecule has 8 rings (SSSR count). The number of aliphatic hydroxyl groups excluding tert-OH is 1. The summed E-state index contributed by atoms with van der Waals surface area (Å²) in [6.07, 6.45) is -16.3. The van der Waals surface area contributed by atoms with Gasteiger partial charge in [0.25, 0.3) is 0 Å². The molecule has 4 aromatic carbocycles. The Labute approximate surface area is 374 Å². The van der Waals surface area contributed by atoms with Gasteiger partial charge in [-0.1, -0.05) is 0 Å². The first kappa shape index (κ1) is 45.5. The Kier molecular flexibility index (Phi) is 11.0. The number of carboxylic acid groups (broad SMARTS) is 1. The number of carbonyl (C=O) groups is 7. The molecule has 4 heterocycles. The quantitative estimate of drug-likeness (QED) is 0.0554.